The predicted octanol–water partition coefficient (Wildman–Crippen LogP) is 4.63. The van der Waals surface area contributed by atoms with Gasteiger partial charge in [0, 0.05) is 13.0 Å². The highest BCUT2D eigenvalue weighted by atomic mass is 16.6. The molecule has 1 atom stereocenters. The van der Waals surface area contributed by atoms with Crippen molar-refractivity contribution in [1.29, 1.82) is 0 Å². The topological polar surface area (TPSA) is 55.8 Å². The number of aliphatic hydroxyl groups is 1. The minimum absolute atomic E-state index is 0.173. The summed E-state index contributed by atoms with van der Waals surface area (Å²) in [6.07, 6.45) is 13.6. The number of hydrogen-bond acceptors (Lipinski definition) is 4. The van der Waals surface area contributed by atoms with Gasteiger partial charge in [0.15, 0.2) is 0 Å². The smallest absolute Gasteiger partial charge is 0.306 e. The largest absolute Gasteiger partial charge is 0.457 e. The fraction of sp³-hybridized carbons (Fsp3) is 0.947. The van der Waals surface area contributed by atoms with E-state index in [1.165, 1.54) is 57.8 Å². The number of esters is 1. The van der Waals surface area contributed by atoms with Gasteiger partial charge in [-0.1, -0.05) is 71.6 Å². The summed E-state index contributed by atoms with van der Waals surface area (Å²) in [4.78, 5) is 11.3. The molecule has 0 saturated heterocycles. The molecular formula is C19H38O4. The standard InChI is InChI=1S/C19H38O4/c1-3-5-6-7-8-9-10-11-12-13-15-22-17-18(16-20)23-19(21)14-4-2/h18,20H,3-17H2,1-2H3. The number of rotatable bonds is 17. The molecule has 0 aliphatic rings. The van der Waals surface area contributed by atoms with Gasteiger partial charge < -0.3 is 14.6 Å². The zero-order chi connectivity index (χ0) is 17.2. The van der Waals surface area contributed by atoms with Crippen LogP contribution in [0.5, 0.6) is 0 Å². The Morgan fingerprint density at radius 3 is 1.96 bits per heavy atom. The van der Waals surface area contributed by atoms with Gasteiger partial charge >= 0.3 is 5.97 Å². The summed E-state index contributed by atoms with van der Waals surface area (Å²) in [6, 6.07) is 0. The van der Waals surface area contributed by atoms with E-state index in [0.29, 0.717) is 19.6 Å². The van der Waals surface area contributed by atoms with Gasteiger partial charge in [0.2, 0.25) is 0 Å². The monoisotopic (exact) mass is 330 g/mol. The van der Waals surface area contributed by atoms with E-state index in [1.807, 2.05) is 6.92 Å². The Kier molecular flexibility index (Phi) is 17.3. The first-order valence-corrected chi connectivity index (χ1v) is 9.62. The first-order valence-electron chi connectivity index (χ1n) is 9.62. The Morgan fingerprint density at radius 2 is 1.43 bits per heavy atom. The zero-order valence-electron chi connectivity index (χ0n) is 15.4. The minimum atomic E-state index is -0.517. The third-order valence-electron chi connectivity index (χ3n) is 3.90. The summed E-state index contributed by atoms with van der Waals surface area (Å²) in [7, 11) is 0. The van der Waals surface area contributed by atoms with Gasteiger partial charge in [0.05, 0.1) is 13.2 Å². The van der Waals surface area contributed by atoms with Crippen molar-refractivity contribution < 1.29 is 19.4 Å². The molecule has 0 fully saturated rings. The van der Waals surface area contributed by atoms with Crippen molar-refractivity contribution in [3.63, 3.8) is 0 Å². The van der Waals surface area contributed by atoms with Crippen molar-refractivity contribution in [3.05, 3.63) is 0 Å². The highest BCUT2D eigenvalue weighted by Crippen LogP contribution is 2.10. The lowest BCUT2D eigenvalue weighted by Gasteiger charge is -2.15. The van der Waals surface area contributed by atoms with Gasteiger partial charge in [0.1, 0.15) is 6.10 Å². The van der Waals surface area contributed by atoms with E-state index in [2.05, 4.69) is 6.92 Å². The zero-order valence-corrected chi connectivity index (χ0v) is 15.4. The molecule has 1 N–H and O–H groups in total. The van der Waals surface area contributed by atoms with Crippen LogP contribution in [0.15, 0.2) is 0 Å². The second kappa shape index (κ2) is 17.7. The second-order valence-corrected chi connectivity index (χ2v) is 6.30. The molecule has 4 nitrogen and oxygen atoms in total. The predicted molar refractivity (Wildman–Crippen MR) is 94.5 cm³/mol. The summed E-state index contributed by atoms with van der Waals surface area (Å²) in [5, 5.41) is 9.16. The van der Waals surface area contributed by atoms with Crippen LogP contribution in [0, 0.1) is 0 Å². The summed E-state index contributed by atoms with van der Waals surface area (Å²) in [6.45, 7) is 4.98. The van der Waals surface area contributed by atoms with Crippen LogP contribution in [-0.4, -0.2) is 37.0 Å². The van der Waals surface area contributed by atoms with Gasteiger partial charge in [-0.2, -0.15) is 0 Å². The van der Waals surface area contributed by atoms with Crippen LogP contribution in [0.4, 0.5) is 0 Å². The van der Waals surface area contributed by atoms with Gasteiger partial charge in [-0.05, 0) is 12.8 Å². The van der Waals surface area contributed by atoms with Crippen molar-refractivity contribution in [2.45, 2.75) is 97.0 Å². The molecule has 0 aromatic rings. The van der Waals surface area contributed by atoms with Crippen molar-refractivity contribution in [1.82, 2.24) is 0 Å². The highest BCUT2D eigenvalue weighted by molar-refractivity contribution is 5.69. The average Bonchev–Trinajstić information content (AvgIpc) is 2.55. The Hall–Kier alpha value is -0.610. The van der Waals surface area contributed by atoms with Crippen LogP contribution in [0.1, 0.15) is 90.9 Å². The van der Waals surface area contributed by atoms with Crippen LogP contribution < -0.4 is 0 Å². The number of ether oxygens (including phenoxy) is 2. The van der Waals surface area contributed by atoms with Gasteiger partial charge in [-0.15, -0.1) is 0 Å². The molecule has 0 spiro atoms. The molecule has 0 aliphatic heterocycles. The Balaban J connectivity index is 3.32. The molecule has 1 unspecified atom stereocenters. The lowest BCUT2D eigenvalue weighted by Crippen LogP contribution is -2.27. The highest BCUT2D eigenvalue weighted by Gasteiger charge is 2.12. The third-order valence-corrected chi connectivity index (χ3v) is 3.90. The van der Waals surface area contributed by atoms with Crippen molar-refractivity contribution in [2.24, 2.45) is 0 Å². The number of carbonyl (C=O) groups excluding carboxylic acids is 1. The van der Waals surface area contributed by atoms with Crippen LogP contribution >= 0.6 is 0 Å². The molecule has 0 bridgehead atoms. The molecule has 0 radical (unpaired) electrons. The van der Waals surface area contributed by atoms with Crippen LogP contribution in [0.25, 0.3) is 0 Å². The van der Waals surface area contributed by atoms with E-state index < -0.39 is 6.10 Å². The SMILES string of the molecule is CCCCCCCCCCCCOCC(CO)OC(=O)CCC. The van der Waals surface area contributed by atoms with Crippen LogP contribution in [0.3, 0.4) is 0 Å². The Bertz CT molecular complexity index is 256. The first kappa shape index (κ1) is 22.4. The average molecular weight is 331 g/mol. The number of carbonyl (C=O) groups is 1. The number of aliphatic hydroxyl groups excluding tert-OH is 1. The summed E-state index contributed by atoms with van der Waals surface area (Å²) in [5.41, 5.74) is 0. The quantitative estimate of drug-likeness (QED) is 0.312. The van der Waals surface area contributed by atoms with Crippen LogP contribution in [-0.2, 0) is 14.3 Å². The lowest BCUT2D eigenvalue weighted by atomic mass is 10.1. The van der Waals surface area contributed by atoms with E-state index in [4.69, 9.17) is 14.6 Å². The first-order chi connectivity index (χ1) is 11.2. The molecule has 0 aliphatic carbocycles. The number of hydrogen-bond donors (Lipinski definition) is 1. The maximum Gasteiger partial charge on any atom is 0.306 e. The maximum absolute atomic E-state index is 11.3. The van der Waals surface area contributed by atoms with Crippen molar-refractivity contribution in [3.8, 4) is 0 Å². The summed E-state index contributed by atoms with van der Waals surface area (Å²) in [5.74, 6) is -0.255. The molecule has 0 heterocycles. The van der Waals surface area contributed by atoms with Crippen molar-refractivity contribution in [2.75, 3.05) is 19.8 Å². The normalized spacial score (nSPS) is 12.3. The molecular weight excluding hydrogens is 292 g/mol. The fourth-order valence-corrected chi connectivity index (χ4v) is 2.48. The summed E-state index contributed by atoms with van der Waals surface area (Å²) >= 11 is 0. The van der Waals surface area contributed by atoms with Gasteiger partial charge in [0.25, 0.3) is 0 Å². The van der Waals surface area contributed by atoms with E-state index in [9.17, 15) is 4.79 Å². The number of unbranched alkanes of at least 4 members (excludes halogenated alkanes) is 9. The molecule has 0 amide bonds. The van der Waals surface area contributed by atoms with Gasteiger partial charge in [-0.25, -0.2) is 0 Å². The molecule has 0 saturated carbocycles. The van der Waals surface area contributed by atoms with E-state index in [-0.39, 0.29) is 12.6 Å². The van der Waals surface area contributed by atoms with E-state index in [0.717, 1.165) is 12.8 Å². The molecule has 0 rings (SSSR count). The van der Waals surface area contributed by atoms with Crippen LogP contribution in [0.2, 0.25) is 0 Å². The molecule has 23 heavy (non-hydrogen) atoms. The van der Waals surface area contributed by atoms with E-state index in [1.54, 1.807) is 0 Å². The molecule has 0 aromatic heterocycles. The maximum atomic E-state index is 11.3. The fourth-order valence-electron chi connectivity index (χ4n) is 2.48. The molecule has 4 heteroatoms. The summed E-state index contributed by atoms with van der Waals surface area (Å²) < 4.78 is 10.6. The Morgan fingerprint density at radius 1 is 0.870 bits per heavy atom. The van der Waals surface area contributed by atoms with Gasteiger partial charge in [-0.3, -0.25) is 4.79 Å². The molecule has 138 valence electrons. The molecule has 0 aromatic carbocycles. The lowest BCUT2D eigenvalue weighted by molar-refractivity contribution is -0.154. The second-order valence-electron chi connectivity index (χ2n) is 6.30. The van der Waals surface area contributed by atoms with Crippen molar-refractivity contribution >= 4 is 5.97 Å². The third kappa shape index (κ3) is 16.0. The minimum Gasteiger partial charge on any atom is -0.457 e. The Labute approximate surface area is 142 Å². The van der Waals surface area contributed by atoms with E-state index >= 15 is 0 Å².